The largest absolute Gasteiger partial charge is 0.492 e. The molecule has 0 saturated carbocycles. The molecule has 2 aromatic heterocycles. The number of pyridine rings is 2. The quantitative estimate of drug-likeness (QED) is 0.395. The van der Waals surface area contributed by atoms with Gasteiger partial charge in [-0.3, -0.25) is 14.4 Å². The van der Waals surface area contributed by atoms with Crippen LogP contribution in [0.2, 0.25) is 5.02 Å². The Morgan fingerprint density at radius 1 is 1.16 bits per heavy atom. The molecule has 1 saturated heterocycles. The van der Waals surface area contributed by atoms with Crippen LogP contribution < -0.4 is 14.4 Å². The highest BCUT2D eigenvalue weighted by Crippen LogP contribution is 2.40. The van der Waals surface area contributed by atoms with Gasteiger partial charge in [0.15, 0.2) is 17.1 Å². The molecule has 13 heteroatoms. The van der Waals surface area contributed by atoms with E-state index in [0.29, 0.717) is 29.4 Å². The van der Waals surface area contributed by atoms with Crippen LogP contribution in [-0.4, -0.2) is 69.1 Å². The van der Waals surface area contributed by atoms with Gasteiger partial charge in [0.05, 0.1) is 10.9 Å². The van der Waals surface area contributed by atoms with Crippen molar-refractivity contribution >= 4 is 35.1 Å². The molecule has 1 aromatic carbocycles. The Labute approximate surface area is 251 Å². The van der Waals surface area contributed by atoms with Gasteiger partial charge in [0.1, 0.15) is 23.9 Å². The van der Waals surface area contributed by atoms with Crippen LogP contribution in [0.5, 0.6) is 11.6 Å². The Morgan fingerprint density at radius 2 is 1.88 bits per heavy atom. The van der Waals surface area contributed by atoms with Gasteiger partial charge in [0.2, 0.25) is 5.88 Å². The minimum atomic E-state index is -1.14. The van der Waals surface area contributed by atoms with Gasteiger partial charge in [0, 0.05) is 42.7 Å². The zero-order valence-electron chi connectivity index (χ0n) is 23.6. The van der Waals surface area contributed by atoms with Crippen LogP contribution >= 0.6 is 11.6 Å². The minimum absolute atomic E-state index is 0.149. The van der Waals surface area contributed by atoms with Crippen LogP contribution in [0.15, 0.2) is 42.7 Å². The van der Waals surface area contributed by atoms with Crippen molar-refractivity contribution in [1.82, 2.24) is 14.9 Å². The first-order valence-electron chi connectivity index (χ1n) is 13.6. The maximum atomic E-state index is 15.3. The number of nitrogens with zero attached hydrogens (tertiary/aromatic N) is 4. The number of hydrogen-bond donors (Lipinski definition) is 1. The van der Waals surface area contributed by atoms with Crippen LogP contribution in [0.3, 0.4) is 0 Å². The number of carboxylic acids is 1. The van der Waals surface area contributed by atoms with Crippen LogP contribution in [0.1, 0.15) is 44.1 Å². The molecule has 3 aromatic rings. The fourth-order valence-electron chi connectivity index (χ4n) is 5.07. The summed E-state index contributed by atoms with van der Waals surface area (Å²) in [5.74, 6) is -3.83. The summed E-state index contributed by atoms with van der Waals surface area (Å²) in [7, 11) is 0. The van der Waals surface area contributed by atoms with Gasteiger partial charge in [-0.2, -0.15) is 0 Å². The van der Waals surface area contributed by atoms with Crippen molar-refractivity contribution in [2.45, 2.75) is 45.3 Å². The molecule has 2 aliphatic heterocycles. The van der Waals surface area contributed by atoms with Crippen molar-refractivity contribution in [3.05, 3.63) is 65.1 Å². The van der Waals surface area contributed by atoms with Gasteiger partial charge in [-0.05, 0) is 63.9 Å². The summed E-state index contributed by atoms with van der Waals surface area (Å²) in [5.41, 5.74) is -0.758. The molecule has 1 atom stereocenters. The van der Waals surface area contributed by atoms with E-state index in [-0.39, 0.29) is 48.5 Å². The number of benzene rings is 1. The van der Waals surface area contributed by atoms with Gasteiger partial charge >= 0.3 is 5.97 Å². The SMILES string of the molecule is C[C@@H](COc1ccc(F)cc1-c1cnc(C(=O)N2CCC(N3C(=O)C(C)(C)Oc4ncc(Cl)cc43)CC2)c(F)c1)C(=O)O. The zero-order chi connectivity index (χ0) is 31.1. The molecule has 226 valence electrons. The molecule has 4 heterocycles. The molecule has 43 heavy (non-hydrogen) atoms. The number of carbonyl (C=O) groups excluding carboxylic acids is 2. The number of likely N-dealkylation sites (tertiary alicyclic amines) is 1. The lowest BCUT2D eigenvalue weighted by molar-refractivity contribution is -0.142. The monoisotopic (exact) mass is 614 g/mol. The predicted octanol–water partition coefficient (Wildman–Crippen LogP) is 4.98. The second-order valence-electron chi connectivity index (χ2n) is 11.0. The van der Waals surface area contributed by atoms with E-state index in [0.717, 1.165) is 18.2 Å². The van der Waals surface area contributed by atoms with Gasteiger partial charge in [-0.1, -0.05) is 11.6 Å². The van der Waals surface area contributed by atoms with E-state index in [1.165, 1.54) is 30.3 Å². The van der Waals surface area contributed by atoms with E-state index < -0.39 is 40.7 Å². The average molecular weight is 615 g/mol. The number of carboxylic acid groups (broad SMARTS) is 1. The number of carbonyl (C=O) groups is 3. The number of ether oxygens (including phenoxy) is 2. The normalized spacial score (nSPS) is 17.2. The van der Waals surface area contributed by atoms with Crippen molar-refractivity contribution in [2.24, 2.45) is 5.92 Å². The zero-order valence-corrected chi connectivity index (χ0v) is 24.4. The third-order valence-corrected chi connectivity index (χ3v) is 7.67. The van der Waals surface area contributed by atoms with Crippen molar-refractivity contribution in [2.75, 3.05) is 24.6 Å². The van der Waals surface area contributed by atoms with Gasteiger partial charge in [0.25, 0.3) is 11.8 Å². The molecule has 0 bridgehead atoms. The third kappa shape index (κ3) is 6.10. The number of piperidine rings is 1. The summed E-state index contributed by atoms with van der Waals surface area (Å²) in [6.45, 7) is 5.08. The smallest absolute Gasteiger partial charge is 0.309 e. The van der Waals surface area contributed by atoms with Crippen LogP contribution in [-0.2, 0) is 9.59 Å². The van der Waals surface area contributed by atoms with Crippen LogP contribution in [0.4, 0.5) is 14.5 Å². The number of aliphatic carboxylic acids is 1. The lowest BCUT2D eigenvalue weighted by Gasteiger charge is -2.44. The topological polar surface area (TPSA) is 122 Å². The predicted molar refractivity (Wildman–Crippen MR) is 152 cm³/mol. The maximum Gasteiger partial charge on any atom is 0.309 e. The van der Waals surface area contributed by atoms with Crippen LogP contribution in [0, 0.1) is 17.6 Å². The number of fused-ring (bicyclic) bond motifs is 1. The number of rotatable bonds is 7. The van der Waals surface area contributed by atoms with E-state index in [4.69, 9.17) is 26.2 Å². The van der Waals surface area contributed by atoms with E-state index in [9.17, 15) is 18.8 Å². The number of aromatic nitrogens is 2. The summed E-state index contributed by atoms with van der Waals surface area (Å²) >= 11 is 6.15. The van der Waals surface area contributed by atoms with Crippen molar-refractivity contribution in [3.8, 4) is 22.8 Å². The summed E-state index contributed by atoms with van der Waals surface area (Å²) in [6, 6.07) is 6.01. The van der Waals surface area contributed by atoms with Crippen LogP contribution in [0.25, 0.3) is 11.1 Å². The molecule has 5 rings (SSSR count). The fourth-order valence-corrected chi connectivity index (χ4v) is 5.23. The third-order valence-electron chi connectivity index (χ3n) is 7.47. The molecule has 10 nitrogen and oxygen atoms in total. The molecular formula is C30H29ClF2N4O6. The maximum absolute atomic E-state index is 15.3. The average Bonchev–Trinajstić information content (AvgIpc) is 2.97. The highest BCUT2D eigenvalue weighted by atomic mass is 35.5. The molecule has 2 amide bonds. The number of hydrogen-bond acceptors (Lipinski definition) is 7. The Hall–Kier alpha value is -4.32. The van der Waals surface area contributed by atoms with Crippen molar-refractivity contribution in [3.63, 3.8) is 0 Å². The Balaban J connectivity index is 1.31. The summed E-state index contributed by atoms with van der Waals surface area (Å²) in [4.78, 5) is 49.1. The second kappa shape index (κ2) is 11.8. The number of anilines is 1. The Morgan fingerprint density at radius 3 is 2.56 bits per heavy atom. The lowest BCUT2D eigenvalue weighted by Crippen LogP contribution is -2.58. The van der Waals surface area contributed by atoms with E-state index in [1.807, 2.05) is 0 Å². The van der Waals surface area contributed by atoms with Crippen molar-refractivity contribution < 1.29 is 37.7 Å². The Bertz CT molecular complexity index is 1590. The molecule has 1 fully saturated rings. The molecular weight excluding hydrogens is 586 g/mol. The molecule has 0 spiro atoms. The van der Waals surface area contributed by atoms with E-state index in [2.05, 4.69) is 9.97 Å². The summed E-state index contributed by atoms with van der Waals surface area (Å²) in [5, 5.41) is 9.47. The number of halogens is 3. The lowest BCUT2D eigenvalue weighted by atomic mass is 9.97. The van der Waals surface area contributed by atoms with Gasteiger partial charge < -0.3 is 24.4 Å². The van der Waals surface area contributed by atoms with Crippen molar-refractivity contribution in [1.29, 1.82) is 0 Å². The number of amides is 2. The highest BCUT2D eigenvalue weighted by Gasteiger charge is 2.45. The van der Waals surface area contributed by atoms with E-state index >= 15 is 4.39 Å². The van der Waals surface area contributed by atoms with Gasteiger partial charge in [-0.25, -0.2) is 18.7 Å². The minimum Gasteiger partial charge on any atom is -0.492 e. The first kappa shape index (κ1) is 30.1. The highest BCUT2D eigenvalue weighted by molar-refractivity contribution is 6.31. The fraction of sp³-hybridized carbons (Fsp3) is 0.367. The Kier molecular flexibility index (Phi) is 8.24. The molecule has 2 aliphatic rings. The standard InChI is InChI=1S/C30H29ClF2N4O6/c1-16(28(39)40)15-42-24-5-4-19(32)12-21(24)17-10-22(33)25(34-13-17)27(38)36-8-6-20(7-9-36)37-23-11-18(31)14-35-26(23)43-30(2,3)29(37)41/h4-5,10-14,16,20H,6-9,15H2,1-3H3,(H,39,40)/t16-/m0/s1. The molecule has 0 aliphatic carbocycles. The van der Waals surface area contributed by atoms with Gasteiger partial charge in [-0.15, -0.1) is 0 Å². The second-order valence-corrected chi connectivity index (χ2v) is 11.5. The first-order chi connectivity index (χ1) is 20.4. The van der Waals surface area contributed by atoms with E-state index in [1.54, 1.807) is 24.8 Å². The molecule has 0 unspecified atom stereocenters. The summed E-state index contributed by atoms with van der Waals surface area (Å²) < 4.78 is 40.7. The summed E-state index contributed by atoms with van der Waals surface area (Å²) in [6.07, 6.45) is 3.52. The molecule has 1 N–H and O–H groups in total. The molecule has 0 radical (unpaired) electrons. The first-order valence-corrected chi connectivity index (χ1v) is 14.0.